The van der Waals surface area contributed by atoms with Crippen LogP contribution in [0.4, 0.5) is 5.69 Å². The van der Waals surface area contributed by atoms with Crippen LogP contribution in [0.2, 0.25) is 0 Å². The van der Waals surface area contributed by atoms with Gasteiger partial charge < -0.3 is 5.73 Å². The molecule has 1 aliphatic carbocycles. The quantitative estimate of drug-likeness (QED) is 0.767. The molecule has 1 aromatic carbocycles. The number of carbonyl (C=O) groups excluding carboxylic acids is 1. The maximum atomic E-state index is 11.8. The first kappa shape index (κ1) is 12.4. The van der Waals surface area contributed by atoms with E-state index >= 15 is 0 Å². The molecule has 0 heterocycles. The fourth-order valence-corrected chi connectivity index (χ4v) is 2.53. The molecule has 0 aliphatic heterocycles. The van der Waals surface area contributed by atoms with E-state index in [-0.39, 0.29) is 11.2 Å². The smallest absolute Gasteiger partial charge is 0.156 e. The van der Waals surface area contributed by atoms with Gasteiger partial charge in [0.1, 0.15) is 0 Å². The molecule has 1 aromatic rings. The summed E-state index contributed by atoms with van der Waals surface area (Å²) in [4.78, 5) is 11.8. The van der Waals surface area contributed by atoms with E-state index in [9.17, 15) is 4.79 Å². The number of anilines is 1. The van der Waals surface area contributed by atoms with E-state index in [1.807, 2.05) is 0 Å². The van der Waals surface area contributed by atoms with Gasteiger partial charge in [-0.05, 0) is 35.6 Å². The molecule has 92 valence electrons. The summed E-state index contributed by atoms with van der Waals surface area (Å²) in [7, 11) is 0. The Kier molecular flexibility index (Phi) is 2.96. The van der Waals surface area contributed by atoms with E-state index in [1.165, 1.54) is 0 Å². The molecule has 0 saturated carbocycles. The Morgan fingerprint density at radius 1 is 1.33 bits per heavy atom. The number of rotatable bonds is 1. The minimum Gasteiger partial charge on any atom is -0.398 e. The molecule has 0 aromatic heterocycles. The van der Waals surface area contributed by atoms with Crippen molar-refractivity contribution in [3.8, 4) is 6.07 Å². The average molecular weight is 240 g/mol. The molecule has 1 aliphatic rings. The number of carbonyl (C=O) groups is 1. The van der Waals surface area contributed by atoms with E-state index in [0.29, 0.717) is 17.7 Å². The minimum atomic E-state index is -0.0732. The van der Waals surface area contributed by atoms with Crippen molar-refractivity contribution in [3.63, 3.8) is 0 Å². The normalized spacial score (nSPS) is 18.1. The van der Waals surface area contributed by atoms with Gasteiger partial charge in [0.15, 0.2) is 5.78 Å². The van der Waals surface area contributed by atoms with Crippen LogP contribution in [0, 0.1) is 16.7 Å². The Morgan fingerprint density at radius 3 is 2.67 bits per heavy atom. The van der Waals surface area contributed by atoms with Gasteiger partial charge in [-0.25, -0.2) is 0 Å². The predicted molar refractivity (Wildman–Crippen MR) is 71.6 cm³/mol. The first-order valence-electron chi connectivity index (χ1n) is 5.95. The van der Waals surface area contributed by atoms with Crippen molar-refractivity contribution in [2.24, 2.45) is 5.41 Å². The van der Waals surface area contributed by atoms with Crippen molar-refractivity contribution in [2.75, 3.05) is 5.73 Å². The van der Waals surface area contributed by atoms with Gasteiger partial charge >= 0.3 is 0 Å². The van der Waals surface area contributed by atoms with E-state index in [1.54, 1.807) is 24.3 Å². The summed E-state index contributed by atoms with van der Waals surface area (Å²) in [5.74, 6) is 0.105. The summed E-state index contributed by atoms with van der Waals surface area (Å²) in [5.41, 5.74) is 8.58. The fourth-order valence-electron chi connectivity index (χ4n) is 2.53. The lowest BCUT2D eigenvalue weighted by atomic mass is 9.74. The van der Waals surface area contributed by atoms with Crippen LogP contribution < -0.4 is 5.73 Å². The number of hydrogen-bond acceptors (Lipinski definition) is 3. The van der Waals surface area contributed by atoms with Crippen molar-refractivity contribution in [1.29, 1.82) is 5.26 Å². The zero-order valence-electron chi connectivity index (χ0n) is 10.7. The molecule has 2 N–H and O–H groups in total. The van der Waals surface area contributed by atoms with Crippen LogP contribution in [0.5, 0.6) is 0 Å². The van der Waals surface area contributed by atoms with Crippen LogP contribution in [0.25, 0.3) is 5.57 Å². The summed E-state index contributed by atoms with van der Waals surface area (Å²) >= 11 is 0. The second-order valence-corrected chi connectivity index (χ2v) is 5.54. The Balaban J connectivity index is 2.57. The highest BCUT2D eigenvalue weighted by Gasteiger charge is 2.29. The first-order valence-corrected chi connectivity index (χ1v) is 5.95. The van der Waals surface area contributed by atoms with Crippen LogP contribution in [0.3, 0.4) is 0 Å². The molecule has 0 saturated heterocycles. The van der Waals surface area contributed by atoms with Gasteiger partial charge in [0.2, 0.25) is 0 Å². The lowest BCUT2D eigenvalue weighted by molar-refractivity contribution is -0.116. The molecule has 0 atom stereocenters. The van der Waals surface area contributed by atoms with E-state index in [2.05, 4.69) is 19.9 Å². The van der Waals surface area contributed by atoms with Crippen molar-refractivity contribution in [3.05, 3.63) is 35.4 Å². The molecular weight excluding hydrogens is 224 g/mol. The maximum Gasteiger partial charge on any atom is 0.156 e. The third-order valence-electron chi connectivity index (χ3n) is 3.20. The molecule has 0 radical (unpaired) electrons. The Hall–Kier alpha value is -2.08. The number of nitrogens with zero attached hydrogens (tertiary/aromatic N) is 1. The largest absolute Gasteiger partial charge is 0.398 e. The number of allylic oxidation sites excluding steroid dienone is 2. The van der Waals surface area contributed by atoms with Crippen LogP contribution >= 0.6 is 0 Å². The number of hydrogen-bond donors (Lipinski definition) is 1. The average Bonchev–Trinajstić information content (AvgIpc) is 2.25. The molecule has 3 nitrogen and oxygen atoms in total. The van der Waals surface area contributed by atoms with Crippen molar-refractivity contribution in [1.82, 2.24) is 0 Å². The van der Waals surface area contributed by atoms with Gasteiger partial charge in [-0.3, -0.25) is 4.79 Å². The maximum absolute atomic E-state index is 11.8. The number of nitrogen functional groups attached to an aromatic ring is 1. The molecular formula is C15H16N2O. The second-order valence-electron chi connectivity index (χ2n) is 5.54. The molecule has 0 spiro atoms. The van der Waals surface area contributed by atoms with Gasteiger partial charge in [-0.15, -0.1) is 0 Å². The predicted octanol–water partition coefficient (Wildman–Crippen LogP) is 2.91. The van der Waals surface area contributed by atoms with Crippen molar-refractivity contribution < 1.29 is 4.79 Å². The van der Waals surface area contributed by atoms with Crippen LogP contribution in [-0.4, -0.2) is 5.78 Å². The second kappa shape index (κ2) is 4.30. The van der Waals surface area contributed by atoms with E-state index < -0.39 is 0 Å². The highest BCUT2D eigenvalue weighted by atomic mass is 16.1. The molecule has 18 heavy (non-hydrogen) atoms. The SMILES string of the molecule is CC1(C)CC(=O)C=C(c2c(N)cccc2C#N)C1. The fraction of sp³-hybridized carbons (Fsp3) is 0.333. The standard InChI is InChI=1S/C15H16N2O/c1-15(2)7-11(6-12(18)8-15)14-10(9-16)4-3-5-13(14)17/h3-6H,7-8,17H2,1-2H3. The Bertz CT molecular complexity index is 577. The summed E-state index contributed by atoms with van der Waals surface area (Å²) in [6, 6.07) is 7.40. The van der Waals surface area contributed by atoms with Gasteiger partial charge in [-0.1, -0.05) is 19.9 Å². The molecule has 0 unspecified atom stereocenters. The summed E-state index contributed by atoms with van der Waals surface area (Å²) in [5, 5.41) is 9.15. The van der Waals surface area contributed by atoms with E-state index in [0.717, 1.165) is 17.6 Å². The third-order valence-corrected chi connectivity index (χ3v) is 3.20. The van der Waals surface area contributed by atoms with Gasteiger partial charge in [0.25, 0.3) is 0 Å². The van der Waals surface area contributed by atoms with Crippen molar-refractivity contribution in [2.45, 2.75) is 26.7 Å². The molecule has 0 amide bonds. The Labute approximate surface area is 107 Å². The van der Waals surface area contributed by atoms with Gasteiger partial charge in [0, 0.05) is 17.7 Å². The van der Waals surface area contributed by atoms with Gasteiger partial charge in [-0.2, -0.15) is 5.26 Å². The monoisotopic (exact) mass is 240 g/mol. The number of nitriles is 1. The third kappa shape index (κ3) is 2.28. The van der Waals surface area contributed by atoms with Crippen molar-refractivity contribution >= 4 is 17.0 Å². The van der Waals surface area contributed by atoms with Crippen LogP contribution in [-0.2, 0) is 4.79 Å². The van der Waals surface area contributed by atoms with Crippen LogP contribution in [0.1, 0.15) is 37.8 Å². The highest BCUT2D eigenvalue weighted by Crippen LogP contribution is 2.40. The minimum absolute atomic E-state index is 0.0732. The summed E-state index contributed by atoms with van der Waals surface area (Å²) in [6.07, 6.45) is 2.95. The van der Waals surface area contributed by atoms with E-state index in [4.69, 9.17) is 11.0 Å². The molecule has 0 fully saturated rings. The number of nitrogens with two attached hydrogens (primary N) is 1. The van der Waals surface area contributed by atoms with Gasteiger partial charge in [0.05, 0.1) is 11.6 Å². The zero-order chi connectivity index (χ0) is 13.3. The lowest BCUT2D eigenvalue weighted by Gasteiger charge is -2.29. The Morgan fingerprint density at radius 2 is 2.06 bits per heavy atom. The molecule has 2 rings (SSSR count). The summed E-state index contributed by atoms with van der Waals surface area (Å²) in [6.45, 7) is 4.12. The summed E-state index contributed by atoms with van der Waals surface area (Å²) < 4.78 is 0. The number of benzene rings is 1. The topological polar surface area (TPSA) is 66.9 Å². The number of ketones is 1. The molecule has 3 heteroatoms. The first-order chi connectivity index (χ1) is 8.43. The van der Waals surface area contributed by atoms with Crippen LogP contribution in [0.15, 0.2) is 24.3 Å². The molecule has 0 bridgehead atoms. The highest BCUT2D eigenvalue weighted by molar-refractivity contribution is 6.00. The zero-order valence-corrected chi connectivity index (χ0v) is 10.7. The lowest BCUT2D eigenvalue weighted by Crippen LogP contribution is -2.21.